The van der Waals surface area contributed by atoms with Gasteiger partial charge in [-0.05, 0) is 44.0 Å². The summed E-state index contributed by atoms with van der Waals surface area (Å²) in [6, 6.07) is 6.26. The zero-order valence-electron chi connectivity index (χ0n) is 11.3. The predicted molar refractivity (Wildman–Crippen MR) is 75.3 cm³/mol. The molecular weight excluding hydrogens is 278 g/mol. The van der Waals surface area contributed by atoms with Gasteiger partial charge in [0.15, 0.2) is 0 Å². The van der Waals surface area contributed by atoms with Gasteiger partial charge < -0.3 is 10.6 Å². The second-order valence-corrected chi connectivity index (χ2v) is 6.80. The van der Waals surface area contributed by atoms with Gasteiger partial charge in [-0.2, -0.15) is 0 Å². The zero-order chi connectivity index (χ0) is 14.8. The number of sulfonamides is 1. The van der Waals surface area contributed by atoms with Gasteiger partial charge in [-0.3, -0.25) is 4.79 Å². The quantitative estimate of drug-likeness (QED) is 0.733. The monoisotopic (exact) mass is 297 g/mol. The first kappa shape index (κ1) is 15.0. The molecule has 110 valence electrons. The molecule has 1 unspecified atom stereocenters. The minimum Gasteiger partial charge on any atom is -0.350 e. The van der Waals surface area contributed by atoms with E-state index in [1.54, 1.807) is 12.1 Å². The largest absolute Gasteiger partial charge is 0.350 e. The summed E-state index contributed by atoms with van der Waals surface area (Å²) in [5, 5.41) is 11.1. The highest BCUT2D eigenvalue weighted by molar-refractivity contribution is 7.89. The average molecular weight is 297 g/mol. The van der Waals surface area contributed by atoms with Gasteiger partial charge in [0.1, 0.15) is 0 Å². The van der Waals surface area contributed by atoms with E-state index in [0.717, 1.165) is 19.4 Å². The number of hydrogen-bond donors (Lipinski definition) is 3. The molecule has 4 N–H and O–H groups in total. The molecule has 1 atom stereocenters. The van der Waals surface area contributed by atoms with Crippen molar-refractivity contribution >= 4 is 15.9 Å². The fourth-order valence-electron chi connectivity index (χ4n) is 2.30. The number of hydrogen-bond acceptors (Lipinski definition) is 4. The summed E-state index contributed by atoms with van der Waals surface area (Å²) >= 11 is 0. The van der Waals surface area contributed by atoms with Crippen LogP contribution in [0.4, 0.5) is 0 Å². The third-order valence-corrected chi connectivity index (χ3v) is 4.46. The molecule has 1 aromatic carbocycles. The second-order valence-electron chi connectivity index (χ2n) is 5.24. The molecule has 0 aliphatic carbocycles. The van der Waals surface area contributed by atoms with E-state index in [-0.39, 0.29) is 17.3 Å². The Morgan fingerprint density at radius 3 is 2.85 bits per heavy atom. The van der Waals surface area contributed by atoms with Crippen molar-refractivity contribution in [2.75, 3.05) is 6.54 Å². The number of primary sulfonamides is 1. The maximum atomic E-state index is 12.1. The Bertz CT molecular complexity index is 607. The summed E-state index contributed by atoms with van der Waals surface area (Å²) in [6.45, 7) is 2.99. The van der Waals surface area contributed by atoms with E-state index in [2.05, 4.69) is 10.6 Å². The molecule has 20 heavy (non-hydrogen) atoms. The lowest BCUT2D eigenvalue weighted by Gasteiger charge is -2.23. The van der Waals surface area contributed by atoms with Crippen LogP contribution in [0.3, 0.4) is 0 Å². The summed E-state index contributed by atoms with van der Waals surface area (Å²) in [4.78, 5) is 12.2. The maximum Gasteiger partial charge on any atom is 0.240 e. The molecule has 2 rings (SSSR count). The molecular formula is C13H19N3O3S. The van der Waals surface area contributed by atoms with Crippen LogP contribution in [0.5, 0.6) is 0 Å². The fraction of sp³-hybridized carbons (Fsp3) is 0.462. The lowest BCUT2D eigenvalue weighted by atomic mass is 9.99. The Labute approximate surface area is 118 Å². The van der Waals surface area contributed by atoms with E-state index in [9.17, 15) is 13.2 Å². The third kappa shape index (κ3) is 3.36. The standard InChI is InChI=1S/C13H19N3O3S/c1-13(6-3-7-16-13)12(17)15-9-10-4-2-5-11(8-10)20(14,18)19/h2,4-5,8,16H,3,6-7,9H2,1H3,(H,15,17)(H2,14,18,19). The van der Waals surface area contributed by atoms with E-state index in [1.165, 1.54) is 12.1 Å². The van der Waals surface area contributed by atoms with Crippen molar-refractivity contribution in [3.8, 4) is 0 Å². The molecule has 1 amide bonds. The second kappa shape index (κ2) is 5.51. The molecule has 0 aromatic heterocycles. The molecule has 1 aromatic rings. The van der Waals surface area contributed by atoms with E-state index in [1.807, 2.05) is 6.92 Å². The van der Waals surface area contributed by atoms with Gasteiger partial charge in [-0.15, -0.1) is 0 Å². The Kier molecular flexibility index (Phi) is 4.12. The van der Waals surface area contributed by atoms with Crippen molar-refractivity contribution in [3.63, 3.8) is 0 Å². The van der Waals surface area contributed by atoms with Crippen molar-refractivity contribution in [2.24, 2.45) is 5.14 Å². The number of nitrogens with two attached hydrogens (primary N) is 1. The lowest BCUT2D eigenvalue weighted by molar-refractivity contribution is -0.126. The highest BCUT2D eigenvalue weighted by atomic mass is 32.2. The predicted octanol–water partition coefficient (Wildman–Crippen LogP) is 0.0923. The SMILES string of the molecule is CC1(C(=O)NCc2cccc(S(N)(=O)=O)c2)CCCN1. The molecule has 0 radical (unpaired) electrons. The van der Waals surface area contributed by atoms with Crippen molar-refractivity contribution in [1.82, 2.24) is 10.6 Å². The zero-order valence-corrected chi connectivity index (χ0v) is 12.2. The maximum absolute atomic E-state index is 12.1. The Hall–Kier alpha value is -1.44. The van der Waals surface area contributed by atoms with Crippen LogP contribution in [0.1, 0.15) is 25.3 Å². The van der Waals surface area contributed by atoms with Gasteiger partial charge >= 0.3 is 0 Å². The fourth-order valence-corrected chi connectivity index (χ4v) is 2.88. The van der Waals surface area contributed by atoms with Gasteiger partial charge in [-0.25, -0.2) is 13.6 Å². The van der Waals surface area contributed by atoms with E-state index >= 15 is 0 Å². The smallest absolute Gasteiger partial charge is 0.240 e. The summed E-state index contributed by atoms with van der Waals surface area (Å²) in [5.74, 6) is -0.0731. The summed E-state index contributed by atoms with van der Waals surface area (Å²) < 4.78 is 22.5. The first-order chi connectivity index (χ1) is 9.31. The van der Waals surface area contributed by atoms with Gasteiger partial charge in [0, 0.05) is 6.54 Å². The van der Waals surface area contributed by atoms with Gasteiger partial charge in [0.2, 0.25) is 15.9 Å². The van der Waals surface area contributed by atoms with Crippen molar-refractivity contribution in [3.05, 3.63) is 29.8 Å². The lowest BCUT2D eigenvalue weighted by Crippen LogP contribution is -2.50. The molecule has 1 fully saturated rings. The van der Waals surface area contributed by atoms with E-state index in [4.69, 9.17) is 5.14 Å². The van der Waals surface area contributed by atoms with E-state index in [0.29, 0.717) is 5.56 Å². The van der Waals surface area contributed by atoms with Crippen LogP contribution >= 0.6 is 0 Å². The normalized spacial score (nSPS) is 22.7. The highest BCUT2D eigenvalue weighted by Gasteiger charge is 2.35. The minimum atomic E-state index is -3.72. The van der Waals surface area contributed by atoms with Gasteiger partial charge in [-0.1, -0.05) is 12.1 Å². The van der Waals surface area contributed by atoms with Crippen LogP contribution in [-0.4, -0.2) is 26.4 Å². The molecule has 0 spiro atoms. The Balaban J connectivity index is 2.03. The van der Waals surface area contributed by atoms with Gasteiger partial charge in [0.25, 0.3) is 0 Å². The van der Waals surface area contributed by atoms with Crippen LogP contribution in [0.25, 0.3) is 0 Å². The molecule has 7 heteroatoms. The van der Waals surface area contributed by atoms with Crippen LogP contribution in [0, 0.1) is 0 Å². The van der Waals surface area contributed by atoms with Gasteiger partial charge in [0.05, 0.1) is 10.4 Å². The van der Waals surface area contributed by atoms with Crippen LogP contribution in [-0.2, 0) is 21.4 Å². The molecule has 1 heterocycles. The highest BCUT2D eigenvalue weighted by Crippen LogP contribution is 2.18. The molecule has 0 bridgehead atoms. The molecule has 6 nitrogen and oxygen atoms in total. The summed E-state index contributed by atoms with van der Waals surface area (Å²) in [7, 11) is -3.72. The van der Waals surface area contributed by atoms with Crippen LogP contribution in [0.2, 0.25) is 0 Å². The molecule has 1 aliphatic heterocycles. The third-order valence-electron chi connectivity index (χ3n) is 3.55. The molecule has 1 aliphatic rings. The molecule has 1 saturated heterocycles. The number of benzene rings is 1. The number of nitrogens with one attached hydrogen (secondary N) is 2. The van der Waals surface area contributed by atoms with Crippen LogP contribution < -0.4 is 15.8 Å². The first-order valence-electron chi connectivity index (χ1n) is 6.46. The van der Waals surface area contributed by atoms with Crippen LogP contribution in [0.15, 0.2) is 29.2 Å². The van der Waals surface area contributed by atoms with Crippen molar-refractivity contribution in [1.29, 1.82) is 0 Å². The average Bonchev–Trinajstić information content (AvgIpc) is 2.83. The Morgan fingerprint density at radius 1 is 1.50 bits per heavy atom. The first-order valence-corrected chi connectivity index (χ1v) is 8.01. The van der Waals surface area contributed by atoms with Crippen molar-refractivity contribution in [2.45, 2.75) is 36.7 Å². The number of carbonyl (C=O) groups excluding carboxylic acids is 1. The number of carbonyl (C=O) groups is 1. The summed E-state index contributed by atoms with van der Waals surface area (Å²) in [6.07, 6.45) is 1.78. The Morgan fingerprint density at radius 2 is 2.25 bits per heavy atom. The molecule has 0 saturated carbocycles. The number of amides is 1. The van der Waals surface area contributed by atoms with Crippen molar-refractivity contribution < 1.29 is 13.2 Å². The number of rotatable bonds is 4. The van der Waals surface area contributed by atoms with E-state index < -0.39 is 15.6 Å². The minimum absolute atomic E-state index is 0.0504. The topological polar surface area (TPSA) is 101 Å². The summed E-state index contributed by atoms with van der Waals surface area (Å²) in [5.41, 5.74) is 0.170.